The van der Waals surface area contributed by atoms with E-state index >= 15 is 0 Å². The van der Waals surface area contributed by atoms with Gasteiger partial charge in [-0.3, -0.25) is 4.98 Å². The van der Waals surface area contributed by atoms with Gasteiger partial charge in [-0.05, 0) is 63.1 Å². The van der Waals surface area contributed by atoms with Crippen LogP contribution in [0.25, 0.3) is 11.1 Å². The minimum atomic E-state index is 0.286. The summed E-state index contributed by atoms with van der Waals surface area (Å²) in [6, 6.07) is 13.1. The normalized spacial score (nSPS) is 21.9. The van der Waals surface area contributed by atoms with Crippen molar-refractivity contribution in [2.45, 2.75) is 39.9 Å². The van der Waals surface area contributed by atoms with E-state index in [-0.39, 0.29) is 12.2 Å². The zero-order chi connectivity index (χ0) is 15.7. The van der Waals surface area contributed by atoms with Gasteiger partial charge in [-0.1, -0.05) is 12.1 Å². The number of hydrogen-bond donors (Lipinski definition) is 0. The highest BCUT2D eigenvalue weighted by molar-refractivity contribution is 5.67. The average molecular weight is 296 g/mol. The van der Waals surface area contributed by atoms with Gasteiger partial charge >= 0.3 is 0 Å². The summed E-state index contributed by atoms with van der Waals surface area (Å²) in [6.45, 7) is 10.3. The van der Waals surface area contributed by atoms with Crippen molar-refractivity contribution in [3.63, 3.8) is 0 Å². The maximum Gasteiger partial charge on any atom is 0.0726 e. The van der Waals surface area contributed by atoms with Crippen LogP contribution in [0.5, 0.6) is 0 Å². The lowest BCUT2D eigenvalue weighted by molar-refractivity contribution is -0.00521. The molecular weight excluding hydrogens is 272 g/mol. The van der Waals surface area contributed by atoms with Crippen molar-refractivity contribution in [2.75, 3.05) is 18.0 Å². The Morgan fingerprint density at radius 2 is 1.45 bits per heavy atom. The number of morpholine rings is 1. The fourth-order valence-electron chi connectivity index (χ4n) is 3.25. The highest BCUT2D eigenvalue weighted by atomic mass is 16.5. The van der Waals surface area contributed by atoms with Crippen LogP contribution in [0, 0.1) is 13.8 Å². The number of rotatable bonds is 2. The molecule has 1 fully saturated rings. The van der Waals surface area contributed by atoms with Crippen LogP contribution in [0.4, 0.5) is 5.69 Å². The Balaban J connectivity index is 1.83. The van der Waals surface area contributed by atoms with Gasteiger partial charge in [0.15, 0.2) is 0 Å². The third-order valence-electron chi connectivity index (χ3n) is 4.07. The first-order valence-corrected chi connectivity index (χ1v) is 7.97. The van der Waals surface area contributed by atoms with E-state index in [1.807, 2.05) is 13.8 Å². The summed E-state index contributed by atoms with van der Waals surface area (Å²) in [5, 5.41) is 0. The van der Waals surface area contributed by atoms with E-state index < -0.39 is 0 Å². The van der Waals surface area contributed by atoms with Gasteiger partial charge in [0.25, 0.3) is 0 Å². The quantitative estimate of drug-likeness (QED) is 0.838. The number of benzene rings is 1. The molecule has 2 aromatic rings. The van der Waals surface area contributed by atoms with E-state index in [9.17, 15) is 0 Å². The van der Waals surface area contributed by atoms with Crippen molar-refractivity contribution in [2.24, 2.45) is 0 Å². The first kappa shape index (κ1) is 15.0. The summed E-state index contributed by atoms with van der Waals surface area (Å²) in [6.07, 6.45) is 0.572. The van der Waals surface area contributed by atoms with Crippen LogP contribution in [-0.4, -0.2) is 30.3 Å². The number of aryl methyl sites for hydroxylation is 2. The van der Waals surface area contributed by atoms with Crippen molar-refractivity contribution in [3.8, 4) is 11.1 Å². The lowest BCUT2D eigenvalue weighted by Crippen LogP contribution is -2.45. The van der Waals surface area contributed by atoms with E-state index in [2.05, 4.69) is 60.1 Å². The molecule has 1 saturated heterocycles. The Labute approximate surface area is 132 Å². The second-order valence-electron chi connectivity index (χ2n) is 6.35. The summed E-state index contributed by atoms with van der Waals surface area (Å²) < 4.78 is 5.81. The predicted molar refractivity (Wildman–Crippen MR) is 91.4 cm³/mol. The molecule has 22 heavy (non-hydrogen) atoms. The summed E-state index contributed by atoms with van der Waals surface area (Å²) >= 11 is 0. The second kappa shape index (κ2) is 6.09. The highest BCUT2D eigenvalue weighted by Crippen LogP contribution is 2.26. The smallest absolute Gasteiger partial charge is 0.0726 e. The van der Waals surface area contributed by atoms with Gasteiger partial charge in [0.2, 0.25) is 0 Å². The Hall–Kier alpha value is -1.87. The fourth-order valence-corrected chi connectivity index (χ4v) is 3.25. The van der Waals surface area contributed by atoms with Crippen LogP contribution in [0.1, 0.15) is 25.2 Å². The summed E-state index contributed by atoms with van der Waals surface area (Å²) in [5.74, 6) is 0. The number of hydrogen-bond acceptors (Lipinski definition) is 3. The molecule has 0 saturated carbocycles. The molecule has 0 bridgehead atoms. The van der Waals surface area contributed by atoms with E-state index in [1.54, 1.807) is 0 Å². The molecule has 1 aromatic carbocycles. The molecule has 1 aliphatic rings. The van der Waals surface area contributed by atoms with Crippen LogP contribution in [0.3, 0.4) is 0 Å². The van der Waals surface area contributed by atoms with Crippen LogP contribution in [-0.2, 0) is 4.74 Å². The molecule has 0 spiro atoms. The molecule has 3 nitrogen and oxygen atoms in total. The van der Waals surface area contributed by atoms with E-state index in [1.165, 1.54) is 16.8 Å². The lowest BCUT2D eigenvalue weighted by atomic mass is 10.0. The van der Waals surface area contributed by atoms with E-state index in [0.29, 0.717) is 0 Å². The lowest BCUT2D eigenvalue weighted by Gasteiger charge is -2.36. The number of aromatic nitrogens is 1. The monoisotopic (exact) mass is 296 g/mol. The van der Waals surface area contributed by atoms with E-state index in [4.69, 9.17) is 4.74 Å². The molecule has 0 amide bonds. The molecule has 2 atom stereocenters. The first-order chi connectivity index (χ1) is 10.5. The van der Waals surface area contributed by atoms with Crippen LogP contribution in [0.15, 0.2) is 36.4 Å². The Kier molecular flexibility index (Phi) is 4.16. The largest absolute Gasteiger partial charge is 0.372 e. The number of ether oxygens (including phenoxy) is 1. The summed E-state index contributed by atoms with van der Waals surface area (Å²) in [4.78, 5) is 6.85. The summed E-state index contributed by atoms with van der Waals surface area (Å²) in [5.41, 5.74) is 5.88. The molecule has 1 aromatic heterocycles. The minimum Gasteiger partial charge on any atom is -0.372 e. The van der Waals surface area contributed by atoms with Gasteiger partial charge < -0.3 is 9.64 Å². The topological polar surface area (TPSA) is 25.4 Å². The highest BCUT2D eigenvalue weighted by Gasteiger charge is 2.22. The number of anilines is 1. The molecule has 1 aliphatic heterocycles. The van der Waals surface area contributed by atoms with Crippen molar-refractivity contribution in [3.05, 3.63) is 47.8 Å². The Morgan fingerprint density at radius 3 is 2.00 bits per heavy atom. The molecular formula is C19H24N2O. The number of nitrogens with zero attached hydrogens (tertiary/aromatic N) is 2. The molecule has 2 heterocycles. The van der Waals surface area contributed by atoms with Crippen molar-refractivity contribution in [1.82, 2.24) is 4.98 Å². The standard InChI is InChI=1S/C19H24N2O/c1-13-9-18(10-14(2)20-13)17-5-7-19(8-6-17)21-11-15(3)22-16(4)12-21/h5-10,15-16H,11-12H2,1-4H3/t15-,16+. The minimum absolute atomic E-state index is 0.286. The van der Waals surface area contributed by atoms with Crippen molar-refractivity contribution < 1.29 is 4.74 Å². The van der Waals surface area contributed by atoms with Gasteiger partial charge in [-0.25, -0.2) is 0 Å². The predicted octanol–water partition coefficient (Wildman–Crippen LogP) is 3.98. The van der Waals surface area contributed by atoms with Gasteiger partial charge in [0.05, 0.1) is 12.2 Å². The van der Waals surface area contributed by atoms with Crippen LogP contribution >= 0.6 is 0 Å². The first-order valence-electron chi connectivity index (χ1n) is 7.97. The van der Waals surface area contributed by atoms with Crippen molar-refractivity contribution in [1.29, 1.82) is 0 Å². The molecule has 116 valence electrons. The van der Waals surface area contributed by atoms with Gasteiger partial charge in [-0.15, -0.1) is 0 Å². The maximum absolute atomic E-state index is 5.81. The summed E-state index contributed by atoms with van der Waals surface area (Å²) in [7, 11) is 0. The van der Waals surface area contributed by atoms with Gasteiger partial charge in [-0.2, -0.15) is 0 Å². The SMILES string of the molecule is Cc1cc(-c2ccc(N3C[C@@H](C)O[C@@H](C)C3)cc2)cc(C)n1. The Bertz CT molecular complexity index is 621. The number of pyridine rings is 1. The van der Waals surface area contributed by atoms with Crippen LogP contribution in [0.2, 0.25) is 0 Å². The third kappa shape index (κ3) is 3.30. The average Bonchev–Trinajstić information content (AvgIpc) is 2.45. The zero-order valence-corrected chi connectivity index (χ0v) is 13.8. The van der Waals surface area contributed by atoms with Gasteiger partial charge in [0, 0.05) is 30.2 Å². The Morgan fingerprint density at radius 1 is 0.909 bits per heavy atom. The molecule has 3 rings (SSSR count). The maximum atomic E-state index is 5.81. The molecule has 0 aliphatic carbocycles. The molecule has 0 radical (unpaired) electrons. The fraction of sp³-hybridized carbons (Fsp3) is 0.421. The zero-order valence-electron chi connectivity index (χ0n) is 13.8. The van der Waals surface area contributed by atoms with Crippen LogP contribution < -0.4 is 4.90 Å². The molecule has 0 N–H and O–H groups in total. The van der Waals surface area contributed by atoms with Crippen molar-refractivity contribution >= 4 is 5.69 Å². The second-order valence-corrected chi connectivity index (χ2v) is 6.35. The third-order valence-corrected chi connectivity index (χ3v) is 4.07. The van der Waals surface area contributed by atoms with Gasteiger partial charge in [0.1, 0.15) is 0 Å². The van der Waals surface area contributed by atoms with E-state index in [0.717, 1.165) is 24.5 Å². The molecule has 3 heteroatoms. The molecule has 0 unspecified atom stereocenters.